The first-order valence-corrected chi connectivity index (χ1v) is 7.51. The van der Waals surface area contributed by atoms with E-state index in [2.05, 4.69) is 50.4 Å². The molecule has 2 atom stereocenters. The van der Waals surface area contributed by atoms with Gasteiger partial charge in [0.15, 0.2) is 0 Å². The molecular weight excluding hydrogens is 289 g/mol. The summed E-state index contributed by atoms with van der Waals surface area (Å²) in [7, 11) is 0. The van der Waals surface area contributed by atoms with Gasteiger partial charge in [0.05, 0.1) is 0 Å². The molecule has 0 aliphatic carbocycles. The van der Waals surface area contributed by atoms with Crippen molar-refractivity contribution in [2.24, 2.45) is 0 Å². The molecule has 3 heteroatoms. The van der Waals surface area contributed by atoms with E-state index in [1.54, 1.807) is 6.07 Å². The van der Waals surface area contributed by atoms with Crippen LogP contribution < -0.4 is 5.32 Å². The highest BCUT2D eigenvalue weighted by molar-refractivity contribution is 6.35. The van der Waals surface area contributed by atoms with Crippen LogP contribution >= 0.6 is 23.2 Å². The Bertz CT molecular complexity index is 595. The quantitative estimate of drug-likeness (QED) is 0.762. The van der Waals surface area contributed by atoms with Gasteiger partial charge < -0.3 is 5.32 Å². The fraction of sp³-hybridized carbons (Fsp3) is 0.294. The molecule has 0 aliphatic heterocycles. The number of nitrogens with one attached hydrogen (secondary N) is 1. The molecule has 0 spiro atoms. The second-order valence-corrected chi connectivity index (χ2v) is 5.98. The van der Waals surface area contributed by atoms with Crippen molar-refractivity contribution in [1.82, 2.24) is 5.32 Å². The van der Waals surface area contributed by atoms with Crippen molar-refractivity contribution in [1.29, 1.82) is 0 Å². The highest BCUT2D eigenvalue weighted by Crippen LogP contribution is 2.28. The van der Waals surface area contributed by atoms with Crippen molar-refractivity contribution < 1.29 is 0 Å². The maximum absolute atomic E-state index is 6.26. The van der Waals surface area contributed by atoms with Crippen LogP contribution in [0.15, 0.2) is 42.5 Å². The van der Waals surface area contributed by atoms with Crippen LogP contribution in [-0.4, -0.2) is 0 Å². The minimum atomic E-state index is 0.161. The normalized spacial score (nSPS) is 14.1. The maximum Gasteiger partial charge on any atom is 0.0468 e. The average molecular weight is 308 g/mol. The zero-order chi connectivity index (χ0) is 14.7. The van der Waals surface area contributed by atoms with E-state index in [9.17, 15) is 0 Å². The molecule has 0 fully saturated rings. The zero-order valence-electron chi connectivity index (χ0n) is 12.0. The third-order valence-electron chi connectivity index (χ3n) is 3.58. The summed E-state index contributed by atoms with van der Waals surface area (Å²) in [5.41, 5.74) is 3.67. The highest BCUT2D eigenvalue weighted by Gasteiger charge is 2.14. The van der Waals surface area contributed by atoms with Gasteiger partial charge in [-0.2, -0.15) is 0 Å². The van der Waals surface area contributed by atoms with Crippen LogP contribution in [0.3, 0.4) is 0 Å². The monoisotopic (exact) mass is 307 g/mol. The molecule has 1 N–H and O–H groups in total. The lowest BCUT2D eigenvalue weighted by molar-refractivity contribution is 0.493. The van der Waals surface area contributed by atoms with Crippen LogP contribution in [0.4, 0.5) is 0 Å². The van der Waals surface area contributed by atoms with Gasteiger partial charge in [0, 0.05) is 22.1 Å². The molecule has 0 saturated heterocycles. The smallest absolute Gasteiger partial charge is 0.0468 e. The summed E-state index contributed by atoms with van der Waals surface area (Å²) in [5, 5.41) is 4.95. The number of rotatable bonds is 4. The van der Waals surface area contributed by atoms with Crippen molar-refractivity contribution in [2.45, 2.75) is 32.9 Å². The highest BCUT2D eigenvalue weighted by atomic mass is 35.5. The maximum atomic E-state index is 6.26. The molecule has 2 aromatic rings. The molecule has 0 heterocycles. The summed E-state index contributed by atoms with van der Waals surface area (Å²) < 4.78 is 0. The van der Waals surface area contributed by atoms with E-state index < -0.39 is 0 Å². The predicted octanol–water partition coefficient (Wildman–Crippen LogP) is 5.71. The molecule has 1 unspecified atom stereocenters. The first-order chi connectivity index (χ1) is 9.49. The fourth-order valence-electron chi connectivity index (χ4n) is 2.48. The van der Waals surface area contributed by atoms with Crippen LogP contribution in [0, 0.1) is 6.92 Å². The Balaban J connectivity index is 2.15. The van der Waals surface area contributed by atoms with Gasteiger partial charge in [0.2, 0.25) is 0 Å². The molecule has 2 rings (SSSR count). The molecule has 0 radical (unpaired) electrons. The van der Waals surface area contributed by atoms with Gasteiger partial charge in [0.25, 0.3) is 0 Å². The standard InChI is InChI=1S/C17H19Cl2N/c1-11-6-4-5-7-15(11)12(2)20-13(3)16-9-8-14(18)10-17(16)19/h4-10,12-13,20H,1-3H3/t12-,13?/m0/s1. The van der Waals surface area contributed by atoms with Crippen molar-refractivity contribution in [3.05, 3.63) is 69.2 Å². The van der Waals surface area contributed by atoms with Crippen LogP contribution in [0.1, 0.15) is 42.6 Å². The molecule has 0 bridgehead atoms. The van der Waals surface area contributed by atoms with Gasteiger partial charge >= 0.3 is 0 Å². The van der Waals surface area contributed by atoms with Gasteiger partial charge in [-0.15, -0.1) is 0 Å². The van der Waals surface area contributed by atoms with E-state index >= 15 is 0 Å². The molecular formula is C17H19Cl2N. The lowest BCUT2D eigenvalue weighted by atomic mass is 10.0. The van der Waals surface area contributed by atoms with Crippen molar-refractivity contribution in [2.75, 3.05) is 0 Å². The molecule has 0 aliphatic rings. The second-order valence-electron chi connectivity index (χ2n) is 5.13. The van der Waals surface area contributed by atoms with Gasteiger partial charge in [-0.3, -0.25) is 0 Å². The third-order valence-corrected chi connectivity index (χ3v) is 4.15. The molecule has 20 heavy (non-hydrogen) atoms. The first-order valence-electron chi connectivity index (χ1n) is 6.75. The number of hydrogen-bond donors (Lipinski definition) is 1. The Labute approximate surface area is 130 Å². The van der Waals surface area contributed by atoms with Crippen molar-refractivity contribution in [3.63, 3.8) is 0 Å². The Kier molecular flexibility index (Phi) is 5.09. The van der Waals surface area contributed by atoms with E-state index in [0.29, 0.717) is 10.0 Å². The van der Waals surface area contributed by atoms with Crippen molar-refractivity contribution in [3.8, 4) is 0 Å². The molecule has 0 saturated carbocycles. The minimum Gasteiger partial charge on any atom is -0.304 e. The molecule has 0 amide bonds. The number of aryl methyl sites for hydroxylation is 1. The largest absolute Gasteiger partial charge is 0.304 e. The van der Waals surface area contributed by atoms with Crippen LogP contribution in [0.25, 0.3) is 0 Å². The average Bonchev–Trinajstić information content (AvgIpc) is 2.38. The third kappa shape index (κ3) is 3.54. The molecule has 0 aromatic heterocycles. The van der Waals surface area contributed by atoms with Crippen LogP contribution in [-0.2, 0) is 0 Å². The fourth-order valence-corrected chi connectivity index (χ4v) is 3.05. The summed E-state index contributed by atoms with van der Waals surface area (Å²) in [5.74, 6) is 0. The number of halogens is 2. The van der Waals surface area contributed by atoms with E-state index in [1.807, 2.05) is 12.1 Å². The summed E-state index contributed by atoms with van der Waals surface area (Å²) in [4.78, 5) is 0. The van der Waals surface area contributed by atoms with Crippen LogP contribution in [0.5, 0.6) is 0 Å². The van der Waals surface area contributed by atoms with E-state index in [-0.39, 0.29) is 12.1 Å². The SMILES string of the molecule is Cc1ccccc1[C@H](C)NC(C)c1ccc(Cl)cc1Cl. The van der Waals surface area contributed by atoms with E-state index in [4.69, 9.17) is 23.2 Å². The Morgan fingerprint density at radius 3 is 2.20 bits per heavy atom. The minimum absolute atomic E-state index is 0.161. The first kappa shape index (κ1) is 15.4. The molecule has 106 valence electrons. The van der Waals surface area contributed by atoms with Gasteiger partial charge in [0.1, 0.15) is 0 Å². The lowest BCUT2D eigenvalue weighted by Gasteiger charge is -2.23. The molecule has 2 aromatic carbocycles. The van der Waals surface area contributed by atoms with E-state index in [0.717, 1.165) is 5.56 Å². The van der Waals surface area contributed by atoms with Gasteiger partial charge in [-0.25, -0.2) is 0 Å². The predicted molar refractivity (Wildman–Crippen MR) is 87.6 cm³/mol. The number of benzene rings is 2. The van der Waals surface area contributed by atoms with E-state index in [1.165, 1.54) is 11.1 Å². The zero-order valence-corrected chi connectivity index (χ0v) is 13.5. The summed E-state index contributed by atoms with van der Waals surface area (Å²) >= 11 is 12.2. The Morgan fingerprint density at radius 2 is 1.55 bits per heavy atom. The lowest BCUT2D eigenvalue weighted by Crippen LogP contribution is -2.23. The number of hydrogen-bond acceptors (Lipinski definition) is 1. The van der Waals surface area contributed by atoms with Gasteiger partial charge in [-0.05, 0) is 49.6 Å². The van der Waals surface area contributed by atoms with Crippen molar-refractivity contribution >= 4 is 23.2 Å². The summed E-state index contributed by atoms with van der Waals surface area (Å²) in [6, 6.07) is 14.5. The van der Waals surface area contributed by atoms with Crippen LogP contribution in [0.2, 0.25) is 10.0 Å². The Hall–Kier alpha value is -1.02. The summed E-state index contributed by atoms with van der Waals surface area (Å²) in [6.07, 6.45) is 0. The molecule has 1 nitrogen and oxygen atoms in total. The van der Waals surface area contributed by atoms with Gasteiger partial charge in [-0.1, -0.05) is 53.5 Å². The Morgan fingerprint density at radius 1 is 0.900 bits per heavy atom. The second kappa shape index (κ2) is 6.62. The topological polar surface area (TPSA) is 12.0 Å². The summed E-state index contributed by atoms with van der Waals surface area (Å²) in [6.45, 7) is 6.42.